The molecule has 2 aromatic carbocycles. The fourth-order valence-corrected chi connectivity index (χ4v) is 5.30. The van der Waals surface area contributed by atoms with Gasteiger partial charge in [-0.25, -0.2) is 15.0 Å². The van der Waals surface area contributed by atoms with E-state index in [0.29, 0.717) is 27.4 Å². The Balaban J connectivity index is 1.38. The average molecular weight is 534 g/mol. The SMILES string of the molecule is CCOC(=O)c1c(NC(=O)C(=O)N/N=C/c2cccc(OC(=O)c3ccccc3)c2)sc2c1CCCCC2. The van der Waals surface area contributed by atoms with E-state index >= 15 is 0 Å². The minimum atomic E-state index is -0.994. The van der Waals surface area contributed by atoms with Crippen molar-refractivity contribution in [1.29, 1.82) is 0 Å². The molecule has 3 aromatic rings. The van der Waals surface area contributed by atoms with Crippen molar-refractivity contribution in [2.45, 2.75) is 39.0 Å². The van der Waals surface area contributed by atoms with Crippen LogP contribution in [0.5, 0.6) is 5.75 Å². The number of benzene rings is 2. The summed E-state index contributed by atoms with van der Waals surface area (Å²) in [5.41, 5.74) is 4.36. The first-order chi connectivity index (χ1) is 18.5. The lowest BCUT2D eigenvalue weighted by Crippen LogP contribution is -2.32. The molecule has 0 atom stereocenters. The summed E-state index contributed by atoms with van der Waals surface area (Å²) in [5, 5.41) is 6.70. The van der Waals surface area contributed by atoms with Crippen LogP contribution in [0.25, 0.3) is 0 Å². The largest absolute Gasteiger partial charge is 0.462 e. The molecule has 0 unspecified atom stereocenters. The van der Waals surface area contributed by atoms with E-state index in [2.05, 4.69) is 15.8 Å². The van der Waals surface area contributed by atoms with Crippen molar-refractivity contribution in [3.8, 4) is 5.75 Å². The van der Waals surface area contributed by atoms with E-state index in [9.17, 15) is 19.2 Å². The third-order valence-electron chi connectivity index (χ3n) is 5.79. The summed E-state index contributed by atoms with van der Waals surface area (Å²) in [6.45, 7) is 1.92. The first-order valence-corrected chi connectivity index (χ1v) is 13.1. The first kappa shape index (κ1) is 26.7. The Morgan fingerprint density at radius 2 is 1.74 bits per heavy atom. The summed E-state index contributed by atoms with van der Waals surface area (Å²) in [5.74, 6) is -2.65. The number of carbonyl (C=O) groups is 4. The standard InChI is InChI=1S/C28H27N3O6S/c1-2-36-28(35)23-21-14-7-4-8-15-22(21)38-26(23)30-24(32)25(33)31-29-17-18-10-9-13-20(16-18)37-27(34)19-11-5-3-6-12-19/h3,5-6,9-13,16-17H,2,4,7-8,14-15H2,1H3,(H,30,32)(H,31,33)/b29-17+. The summed E-state index contributed by atoms with van der Waals surface area (Å²) < 4.78 is 10.6. The van der Waals surface area contributed by atoms with Gasteiger partial charge in [-0.05, 0) is 68.0 Å². The number of nitrogens with one attached hydrogen (secondary N) is 2. The topological polar surface area (TPSA) is 123 Å². The Morgan fingerprint density at radius 3 is 2.53 bits per heavy atom. The smallest absolute Gasteiger partial charge is 0.343 e. The lowest BCUT2D eigenvalue weighted by Gasteiger charge is -2.08. The molecule has 0 aliphatic heterocycles. The van der Waals surface area contributed by atoms with Gasteiger partial charge in [0.05, 0.1) is 23.9 Å². The number of hydrazone groups is 1. The zero-order valence-corrected chi connectivity index (χ0v) is 21.6. The molecule has 1 aliphatic rings. The Bertz CT molecular complexity index is 1370. The third kappa shape index (κ3) is 6.71. The molecule has 4 rings (SSSR count). The predicted octanol–water partition coefficient (Wildman–Crippen LogP) is 4.50. The lowest BCUT2D eigenvalue weighted by molar-refractivity contribution is -0.136. The predicted molar refractivity (Wildman–Crippen MR) is 144 cm³/mol. The molecular weight excluding hydrogens is 506 g/mol. The summed E-state index contributed by atoms with van der Waals surface area (Å²) in [4.78, 5) is 50.9. The number of aryl methyl sites for hydroxylation is 1. The van der Waals surface area contributed by atoms with E-state index in [1.807, 2.05) is 0 Å². The number of hydrogen-bond donors (Lipinski definition) is 2. The van der Waals surface area contributed by atoms with Gasteiger partial charge in [-0.2, -0.15) is 5.10 Å². The second kappa shape index (κ2) is 12.8. The zero-order valence-electron chi connectivity index (χ0n) is 20.8. The van der Waals surface area contributed by atoms with Crippen molar-refractivity contribution >= 4 is 46.3 Å². The molecule has 0 radical (unpaired) electrons. The van der Waals surface area contributed by atoms with Gasteiger partial charge < -0.3 is 14.8 Å². The van der Waals surface area contributed by atoms with Crippen LogP contribution in [0.4, 0.5) is 5.00 Å². The summed E-state index contributed by atoms with van der Waals surface area (Å²) in [6.07, 6.45) is 5.90. The van der Waals surface area contributed by atoms with Crippen molar-refractivity contribution in [2.75, 3.05) is 11.9 Å². The monoisotopic (exact) mass is 533 g/mol. The van der Waals surface area contributed by atoms with Crippen LogP contribution in [-0.2, 0) is 27.2 Å². The van der Waals surface area contributed by atoms with E-state index in [1.165, 1.54) is 17.6 Å². The minimum Gasteiger partial charge on any atom is -0.462 e. The molecule has 0 saturated carbocycles. The molecule has 0 saturated heterocycles. The van der Waals surface area contributed by atoms with E-state index in [-0.39, 0.29) is 6.61 Å². The van der Waals surface area contributed by atoms with Gasteiger partial charge in [-0.1, -0.05) is 36.8 Å². The lowest BCUT2D eigenvalue weighted by atomic mass is 10.1. The van der Waals surface area contributed by atoms with Gasteiger partial charge in [0.15, 0.2) is 0 Å². The average Bonchev–Trinajstić information content (AvgIpc) is 3.09. The maximum absolute atomic E-state index is 12.6. The highest BCUT2D eigenvalue weighted by Crippen LogP contribution is 2.38. The van der Waals surface area contributed by atoms with Crippen molar-refractivity contribution in [2.24, 2.45) is 5.10 Å². The number of carbonyl (C=O) groups excluding carboxylic acids is 4. The van der Waals surface area contributed by atoms with Crippen molar-refractivity contribution in [1.82, 2.24) is 5.43 Å². The van der Waals surface area contributed by atoms with E-state index in [1.54, 1.807) is 61.5 Å². The molecule has 1 aromatic heterocycles. The highest BCUT2D eigenvalue weighted by molar-refractivity contribution is 7.17. The molecule has 0 spiro atoms. The van der Waals surface area contributed by atoms with Gasteiger partial charge in [-0.15, -0.1) is 11.3 Å². The molecule has 9 nitrogen and oxygen atoms in total. The highest BCUT2D eigenvalue weighted by atomic mass is 32.1. The van der Waals surface area contributed by atoms with Gasteiger partial charge in [-0.3, -0.25) is 9.59 Å². The van der Waals surface area contributed by atoms with Crippen molar-refractivity contribution in [3.05, 3.63) is 81.7 Å². The second-order valence-corrected chi connectivity index (χ2v) is 9.58. The Labute approximate surface area is 223 Å². The van der Waals surface area contributed by atoms with Crippen LogP contribution in [0.3, 0.4) is 0 Å². The van der Waals surface area contributed by atoms with Crippen LogP contribution >= 0.6 is 11.3 Å². The van der Waals surface area contributed by atoms with E-state index in [4.69, 9.17) is 9.47 Å². The molecule has 10 heteroatoms. The number of rotatable bonds is 7. The van der Waals surface area contributed by atoms with E-state index in [0.717, 1.165) is 42.5 Å². The zero-order chi connectivity index (χ0) is 26.9. The number of nitrogens with zero attached hydrogens (tertiary/aromatic N) is 1. The van der Waals surface area contributed by atoms with Crippen LogP contribution in [-0.4, -0.2) is 36.6 Å². The normalized spacial score (nSPS) is 12.8. The number of hydrogen-bond acceptors (Lipinski definition) is 8. The summed E-state index contributed by atoms with van der Waals surface area (Å²) >= 11 is 1.31. The Morgan fingerprint density at radius 1 is 0.947 bits per heavy atom. The van der Waals surface area contributed by atoms with Crippen molar-refractivity contribution in [3.63, 3.8) is 0 Å². The van der Waals surface area contributed by atoms with Gasteiger partial charge in [0.2, 0.25) is 0 Å². The number of ether oxygens (including phenoxy) is 2. The van der Waals surface area contributed by atoms with Gasteiger partial charge in [0.1, 0.15) is 10.8 Å². The molecule has 1 aliphatic carbocycles. The van der Waals surface area contributed by atoms with Crippen LogP contribution in [0, 0.1) is 0 Å². The molecule has 196 valence electrons. The first-order valence-electron chi connectivity index (χ1n) is 12.3. The fourth-order valence-electron chi connectivity index (χ4n) is 4.02. The van der Waals surface area contributed by atoms with Crippen molar-refractivity contribution < 1.29 is 28.7 Å². The molecule has 0 bridgehead atoms. The van der Waals surface area contributed by atoms with Gasteiger partial charge in [0.25, 0.3) is 0 Å². The number of amides is 2. The van der Waals surface area contributed by atoms with Crippen LogP contribution in [0.2, 0.25) is 0 Å². The maximum Gasteiger partial charge on any atom is 0.343 e. The summed E-state index contributed by atoms with van der Waals surface area (Å²) in [6, 6.07) is 15.1. The minimum absolute atomic E-state index is 0.207. The molecule has 38 heavy (non-hydrogen) atoms. The van der Waals surface area contributed by atoms with Gasteiger partial charge >= 0.3 is 23.8 Å². The number of fused-ring (bicyclic) bond motifs is 1. The molecule has 2 N–H and O–H groups in total. The summed E-state index contributed by atoms with van der Waals surface area (Å²) in [7, 11) is 0. The second-order valence-electron chi connectivity index (χ2n) is 8.47. The Kier molecular flexibility index (Phi) is 8.99. The van der Waals surface area contributed by atoms with Gasteiger partial charge in [0, 0.05) is 4.88 Å². The Hall–Kier alpha value is -4.31. The highest BCUT2D eigenvalue weighted by Gasteiger charge is 2.27. The maximum atomic E-state index is 12.6. The quantitative estimate of drug-likeness (QED) is 0.115. The molecule has 0 fully saturated rings. The fraction of sp³-hybridized carbons (Fsp3) is 0.250. The third-order valence-corrected chi connectivity index (χ3v) is 7.00. The number of esters is 2. The van der Waals surface area contributed by atoms with Crippen LogP contribution in [0.1, 0.15) is 62.9 Å². The van der Waals surface area contributed by atoms with Crippen LogP contribution < -0.4 is 15.5 Å². The molecular formula is C28H27N3O6S. The molecule has 1 heterocycles. The van der Waals surface area contributed by atoms with E-state index < -0.39 is 23.8 Å². The molecule has 2 amide bonds. The van der Waals surface area contributed by atoms with Crippen LogP contribution in [0.15, 0.2) is 59.7 Å². The number of thiophene rings is 1. The number of anilines is 1.